The highest BCUT2D eigenvalue weighted by Gasteiger charge is 2.18. The van der Waals surface area contributed by atoms with Gasteiger partial charge in [-0.1, -0.05) is 30.3 Å². The van der Waals surface area contributed by atoms with Gasteiger partial charge in [0.25, 0.3) is 0 Å². The molecule has 74 valence electrons. The van der Waals surface area contributed by atoms with Gasteiger partial charge in [-0.3, -0.25) is 0 Å². The Morgan fingerprint density at radius 1 is 1.36 bits per heavy atom. The van der Waals surface area contributed by atoms with Crippen LogP contribution in [0.5, 0.6) is 0 Å². The Hall–Kier alpha value is -0.540. The van der Waals surface area contributed by atoms with E-state index in [0.29, 0.717) is 5.05 Å². The summed E-state index contributed by atoms with van der Waals surface area (Å²) in [5.74, 6) is 1.20. The van der Waals surface area contributed by atoms with Crippen LogP contribution in [0.25, 0.3) is 0 Å². The van der Waals surface area contributed by atoms with Crippen LogP contribution in [-0.2, 0) is 4.74 Å². The molecule has 1 aromatic rings. The molecule has 0 N–H and O–H groups in total. The fourth-order valence-corrected chi connectivity index (χ4v) is 2.81. The van der Waals surface area contributed by atoms with Crippen molar-refractivity contribution in [3.8, 4) is 0 Å². The third-order valence-corrected chi connectivity index (χ3v) is 3.70. The minimum atomic E-state index is 0.280. The van der Waals surface area contributed by atoms with Gasteiger partial charge in [-0.25, -0.2) is 0 Å². The fraction of sp³-hybridized carbons (Fsp3) is 0.364. The normalized spacial score (nSPS) is 20.7. The van der Waals surface area contributed by atoms with Crippen LogP contribution < -0.4 is 0 Å². The average Bonchev–Trinajstić information content (AvgIpc) is 2.72. The van der Waals surface area contributed by atoms with Gasteiger partial charge in [0.1, 0.15) is 5.44 Å². The number of rotatable bonds is 2. The topological polar surface area (TPSA) is 9.23 Å². The Balaban J connectivity index is 1.95. The summed E-state index contributed by atoms with van der Waals surface area (Å²) in [6.07, 6.45) is 2.37. The van der Waals surface area contributed by atoms with E-state index in [4.69, 9.17) is 17.0 Å². The summed E-state index contributed by atoms with van der Waals surface area (Å²) >= 11 is 7.08. The van der Waals surface area contributed by atoms with E-state index in [9.17, 15) is 0 Å². The average molecular weight is 224 g/mol. The van der Waals surface area contributed by atoms with Gasteiger partial charge in [0.15, 0.2) is 5.05 Å². The second kappa shape index (κ2) is 4.80. The number of benzene rings is 1. The zero-order valence-corrected chi connectivity index (χ0v) is 9.44. The number of ether oxygens (including phenoxy) is 1. The summed E-state index contributed by atoms with van der Waals surface area (Å²) in [5, 5.41) is 0.630. The molecule has 0 spiro atoms. The first-order valence-corrected chi connectivity index (χ1v) is 6.19. The SMILES string of the molecule is S=C(OC1CCCS1)c1ccccc1. The van der Waals surface area contributed by atoms with Crippen LogP contribution in [0.3, 0.4) is 0 Å². The van der Waals surface area contributed by atoms with Gasteiger partial charge in [0.05, 0.1) is 0 Å². The molecule has 1 aromatic carbocycles. The minimum absolute atomic E-state index is 0.280. The predicted octanol–water partition coefficient (Wildman–Crippen LogP) is 3.23. The van der Waals surface area contributed by atoms with Crippen LogP contribution in [0.15, 0.2) is 30.3 Å². The van der Waals surface area contributed by atoms with Crippen LogP contribution in [0.4, 0.5) is 0 Å². The zero-order chi connectivity index (χ0) is 9.80. The second-order valence-electron chi connectivity index (χ2n) is 3.21. The van der Waals surface area contributed by atoms with Gasteiger partial charge >= 0.3 is 0 Å². The Labute approximate surface area is 93.8 Å². The highest BCUT2D eigenvalue weighted by Crippen LogP contribution is 2.27. The van der Waals surface area contributed by atoms with Gasteiger partial charge < -0.3 is 4.74 Å². The van der Waals surface area contributed by atoms with E-state index < -0.39 is 0 Å². The third kappa shape index (κ3) is 2.49. The van der Waals surface area contributed by atoms with E-state index >= 15 is 0 Å². The molecule has 0 saturated carbocycles. The van der Waals surface area contributed by atoms with E-state index in [1.165, 1.54) is 12.2 Å². The lowest BCUT2D eigenvalue weighted by Crippen LogP contribution is -2.11. The van der Waals surface area contributed by atoms with E-state index in [2.05, 4.69) is 0 Å². The van der Waals surface area contributed by atoms with Crippen molar-refractivity contribution in [2.24, 2.45) is 0 Å². The summed E-state index contributed by atoms with van der Waals surface area (Å²) < 4.78 is 5.69. The van der Waals surface area contributed by atoms with Gasteiger partial charge in [-0.15, -0.1) is 11.8 Å². The first-order valence-electron chi connectivity index (χ1n) is 4.74. The van der Waals surface area contributed by atoms with Crippen LogP contribution >= 0.6 is 24.0 Å². The van der Waals surface area contributed by atoms with E-state index in [1.54, 1.807) is 0 Å². The van der Waals surface area contributed by atoms with Crippen molar-refractivity contribution in [3.63, 3.8) is 0 Å². The molecule has 1 heterocycles. The molecule has 2 rings (SSSR count). The second-order valence-corrected chi connectivity index (χ2v) is 4.85. The van der Waals surface area contributed by atoms with Crippen molar-refractivity contribution in [3.05, 3.63) is 35.9 Å². The first-order chi connectivity index (χ1) is 6.86. The van der Waals surface area contributed by atoms with Gasteiger partial charge in [-0.2, -0.15) is 0 Å². The van der Waals surface area contributed by atoms with E-state index in [-0.39, 0.29) is 5.44 Å². The minimum Gasteiger partial charge on any atom is -0.469 e. The van der Waals surface area contributed by atoms with Crippen molar-refractivity contribution < 1.29 is 4.74 Å². The molecule has 0 radical (unpaired) electrons. The summed E-state index contributed by atoms with van der Waals surface area (Å²) in [6, 6.07) is 9.92. The van der Waals surface area contributed by atoms with E-state index in [1.807, 2.05) is 42.1 Å². The molecule has 0 aromatic heterocycles. The Morgan fingerprint density at radius 2 is 2.14 bits per heavy atom. The van der Waals surface area contributed by atoms with Crippen molar-refractivity contribution in [2.45, 2.75) is 18.3 Å². The van der Waals surface area contributed by atoms with Crippen molar-refractivity contribution >= 4 is 29.0 Å². The number of hydrogen-bond donors (Lipinski definition) is 0. The maximum absolute atomic E-state index is 5.69. The predicted molar refractivity (Wildman–Crippen MR) is 64.7 cm³/mol. The van der Waals surface area contributed by atoms with Gasteiger partial charge in [0.2, 0.25) is 0 Å². The summed E-state index contributed by atoms with van der Waals surface area (Å²) in [7, 11) is 0. The van der Waals surface area contributed by atoms with Crippen molar-refractivity contribution in [2.75, 3.05) is 5.75 Å². The van der Waals surface area contributed by atoms with Crippen LogP contribution in [0.1, 0.15) is 18.4 Å². The monoisotopic (exact) mass is 224 g/mol. The largest absolute Gasteiger partial charge is 0.469 e. The number of thiocarbonyl (C=S) groups is 1. The third-order valence-electron chi connectivity index (χ3n) is 2.14. The highest BCUT2D eigenvalue weighted by atomic mass is 32.2. The molecule has 0 amide bonds. The smallest absolute Gasteiger partial charge is 0.192 e. The molecule has 1 saturated heterocycles. The first kappa shape index (κ1) is 9.99. The Bertz CT molecular complexity index is 304. The molecule has 1 aliphatic rings. The number of hydrogen-bond acceptors (Lipinski definition) is 3. The highest BCUT2D eigenvalue weighted by molar-refractivity contribution is 8.00. The molecule has 14 heavy (non-hydrogen) atoms. The molecular weight excluding hydrogens is 212 g/mol. The van der Waals surface area contributed by atoms with Crippen LogP contribution in [0.2, 0.25) is 0 Å². The molecule has 1 fully saturated rings. The maximum Gasteiger partial charge on any atom is 0.192 e. The molecule has 1 nitrogen and oxygen atoms in total. The van der Waals surface area contributed by atoms with E-state index in [0.717, 1.165) is 12.0 Å². The standard InChI is InChI=1S/C11H12OS2/c13-11(9-5-2-1-3-6-9)12-10-7-4-8-14-10/h1-3,5-6,10H,4,7-8H2. The van der Waals surface area contributed by atoms with Crippen LogP contribution in [0, 0.1) is 0 Å². The Kier molecular flexibility index (Phi) is 3.43. The fourth-order valence-electron chi connectivity index (χ4n) is 1.40. The zero-order valence-electron chi connectivity index (χ0n) is 7.81. The van der Waals surface area contributed by atoms with Gasteiger partial charge in [0, 0.05) is 5.56 Å². The molecule has 0 aliphatic carbocycles. The lowest BCUT2D eigenvalue weighted by atomic mass is 10.2. The molecule has 1 atom stereocenters. The lowest BCUT2D eigenvalue weighted by molar-refractivity contribution is 0.280. The molecule has 1 aliphatic heterocycles. The Morgan fingerprint density at radius 3 is 2.79 bits per heavy atom. The van der Waals surface area contributed by atoms with Crippen molar-refractivity contribution in [1.82, 2.24) is 0 Å². The molecule has 3 heteroatoms. The number of thioether (sulfide) groups is 1. The molecular formula is C11H12OS2. The van der Waals surface area contributed by atoms with Gasteiger partial charge in [-0.05, 0) is 30.8 Å². The molecule has 1 unspecified atom stereocenters. The quantitative estimate of drug-likeness (QED) is 0.714. The summed E-state index contributed by atoms with van der Waals surface area (Å²) in [6.45, 7) is 0. The summed E-state index contributed by atoms with van der Waals surface area (Å²) in [5.41, 5.74) is 1.29. The van der Waals surface area contributed by atoms with Crippen molar-refractivity contribution in [1.29, 1.82) is 0 Å². The van der Waals surface area contributed by atoms with Crippen LogP contribution in [-0.4, -0.2) is 16.2 Å². The maximum atomic E-state index is 5.69. The lowest BCUT2D eigenvalue weighted by Gasteiger charge is -2.12. The summed E-state index contributed by atoms with van der Waals surface area (Å²) in [4.78, 5) is 0. The molecule has 0 bridgehead atoms.